The number of aromatic amines is 2. The van der Waals surface area contributed by atoms with Crippen molar-refractivity contribution in [3.63, 3.8) is 0 Å². The van der Waals surface area contributed by atoms with Crippen LogP contribution in [0.1, 0.15) is 80.9 Å². The summed E-state index contributed by atoms with van der Waals surface area (Å²) < 4.78 is 21.7. The first-order valence-corrected chi connectivity index (χ1v) is 22.1. The number of fused-ring (bicyclic) bond motifs is 6. The summed E-state index contributed by atoms with van der Waals surface area (Å²) in [5, 5.41) is 7.45. The number of H-pyrrole nitrogens is 2. The summed E-state index contributed by atoms with van der Waals surface area (Å²) in [5.74, 6) is 1.62. The molecule has 9 rings (SSSR count). The number of carbonyl (C=O) groups is 4. The number of aromatic nitrogens is 4. The maximum Gasteiger partial charge on any atom is 0.407 e. The second kappa shape index (κ2) is 17.9. The van der Waals surface area contributed by atoms with Gasteiger partial charge >= 0.3 is 12.2 Å². The number of alkyl carbamates (subject to hydrolysis) is 2. The van der Waals surface area contributed by atoms with Crippen LogP contribution in [0.3, 0.4) is 0 Å². The van der Waals surface area contributed by atoms with Gasteiger partial charge in [-0.25, -0.2) is 19.6 Å². The zero-order chi connectivity index (χ0) is 45.5. The van der Waals surface area contributed by atoms with Gasteiger partial charge in [-0.15, -0.1) is 0 Å². The number of likely N-dealkylation sites (tertiary alicyclic amines) is 2. The summed E-state index contributed by atoms with van der Waals surface area (Å²) in [6.07, 6.45) is 2.64. The van der Waals surface area contributed by atoms with Crippen LogP contribution in [0, 0.1) is 11.8 Å². The Hall–Kier alpha value is -6.94. The summed E-state index contributed by atoms with van der Waals surface area (Å²) in [7, 11) is 4.22. The third kappa shape index (κ3) is 8.22. The smallest absolute Gasteiger partial charge is 0.407 e. The van der Waals surface area contributed by atoms with Gasteiger partial charge in [0.25, 0.3) is 5.91 Å². The molecule has 4 amide bonds. The summed E-state index contributed by atoms with van der Waals surface area (Å²) in [5.41, 5.74) is 7.10. The standard InChI is InChI=1S/C49H54N8O8/c1-26(2)41(54-48(60)63-5)47(59)57-27(3)12-17-38(57)45-51-36-16-14-30-20-35-33-15-13-31(19-32(33)25-65-40(35)21-34(30)43(36)53-45)37-22-50-44(52-37)39-18-28(24-62-4)23-56(39)46(58)42(55-49(61)64-6)29-10-8-7-9-11-29/h7-11,13-16,19-22,26-28,38-39,41-42H,12,17-18,23-25H2,1-6H3,(H,50,52)(H,51,53)(H,54,60)(H,55,61)/t27-,28?,38-,39-,41?,42+/m0/s1. The molecule has 0 radical (unpaired) electrons. The number of amides is 4. The van der Waals surface area contributed by atoms with Crippen LogP contribution in [0.15, 0.2) is 79.0 Å². The number of rotatable bonds is 11. The van der Waals surface area contributed by atoms with Gasteiger partial charge in [0.05, 0.1) is 55.8 Å². The van der Waals surface area contributed by atoms with Crippen molar-refractivity contribution in [3.8, 4) is 28.1 Å². The Balaban J connectivity index is 0.974. The van der Waals surface area contributed by atoms with Crippen molar-refractivity contribution in [1.29, 1.82) is 0 Å². The summed E-state index contributed by atoms with van der Waals surface area (Å²) >= 11 is 0. The Morgan fingerprint density at radius 1 is 0.862 bits per heavy atom. The second-order valence-electron chi connectivity index (χ2n) is 17.6. The van der Waals surface area contributed by atoms with Crippen LogP contribution in [-0.4, -0.2) is 100 Å². The molecule has 0 saturated carbocycles. The maximum absolute atomic E-state index is 14.3. The molecule has 6 atom stereocenters. The minimum Gasteiger partial charge on any atom is -0.488 e. The number of imidazole rings is 2. The predicted octanol–water partition coefficient (Wildman–Crippen LogP) is 7.73. The van der Waals surface area contributed by atoms with E-state index in [1.165, 1.54) is 14.2 Å². The van der Waals surface area contributed by atoms with Crippen molar-refractivity contribution in [3.05, 3.63) is 102 Å². The number of carbonyl (C=O) groups excluding carboxylic acids is 4. The summed E-state index contributed by atoms with van der Waals surface area (Å²) in [6.45, 7) is 7.12. The third-order valence-electron chi connectivity index (χ3n) is 13.1. The Labute approximate surface area is 376 Å². The van der Waals surface area contributed by atoms with Gasteiger partial charge in [-0.2, -0.15) is 0 Å². The Morgan fingerprint density at radius 3 is 2.40 bits per heavy atom. The predicted molar refractivity (Wildman–Crippen MR) is 243 cm³/mol. The lowest BCUT2D eigenvalue weighted by molar-refractivity contribution is -0.137. The fraction of sp³-hybridized carbons (Fsp3) is 0.388. The number of hydrogen-bond acceptors (Lipinski definition) is 10. The fourth-order valence-corrected chi connectivity index (χ4v) is 9.83. The number of benzene rings is 4. The van der Waals surface area contributed by atoms with Gasteiger partial charge in [-0.05, 0) is 84.0 Å². The Kier molecular flexibility index (Phi) is 11.9. The van der Waals surface area contributed by atoms with E-state index < -0.39 is 24.3 Å². The lowest BCUT2D eigenvalue weighted by Crippen LogP contribution is -2.52. The van der Waals surface area contributed by atoms with E-state index in [1.54, 1.807) is 18.2 Å². The van der Waals surface area contributed by atoms with Crippen molar-refractivity contribution in [2.24, 2.45) is 11.8 Å². The van der Waals surface area contributed by atoms with E-state index in [0.29, 0.717) is 43.4 Å². The van der Waals surface area contributed by atoms with E-state index in [2.05, 4.69) is 57.0 Å². The van der Waals surface area contributed by atoms with Crippen LogP contribution >= 0.6 is 0 Å². The molecule has 0 bridgehead atoms. The van der Waals surface area contributed by atoms with Gasteiger partial charge in [0, 0.05) is 36.6 Å². The van der Waals surface area contributed by atoms with Crippen molar-refractivity contribution in [2.75, 3.05) is 34.5 Å². The Morgan fingerprint density at radius 2 is 1.65 bits per heavy atom. The first-order chi connectivity index (χ1) is 31.5. The lowest BCUT2D eigenvalue weighted by atomic mass is 9.92. The lowest BCUT2D eigenvalue weighted by Gasteiger charge is -2.32. The highest BCUT2D eigenvalue weighted by atomic mass is 16.5. The molecule has 4 N–H and O–H groups in total. The normalized spacial score (nSPS) is 20.0. The molecule has 2 fully saturated rings. The first-order valence-electron chi connectivity index (χ1n) is 22.1. The van der Waals surface area contributed by atoms with E-state index in [1.807, 2.05) is 62.1 Å². The maximum atomic E-state index is 14.3. The average molecular weight is 883 g/mol. The highest BCUT2D eigenvalue weighted by molar-refractivity contribution is 6.07. The molecular formula is C49H54N8O8. The molecule has 2 aromatic heterocycles. The van der Waals surface area contributed by atoms with Gasteiger partial charge in [0.2, 0.25) is 5.91 Å². The molecule has 3 aliphatic heterocycles. The van der Waals surface area contributed by atoms with Gasteiger partial charge in [0.1, 0.15) is 36.1 Å². The molecule has 6 aromatic rings. The van der Waals surface area contributed by atoms with Gasteiger partial charge in [0.15, 0.2) is 0 Å². The molecule has 65 heavy (non-hydrogen) atoms. The highest BCUT2D eigenvalue weighted by Gasteiger charge is 2.43. The van der Waals surface area contributed by atoms with E-state index in [9.17, 15) is 19.2 Å². The fourth-order valence-electron chi connectivity index (χ4n) is 9.83. The first kappa shape index (κ1) is 43.3. The van der Waals surface area contributed by atoms with Gasteiger partial charge in [-0.1, -0.05) is 62.4 Å². The Bertz CT molecular complexity index is 2770. The average Bonchev–Trinajstić information content (AvgIpc) is 4.15. The van der Waals surface area contributed by atoms with Crippen LogP contribution < -0.4 is 15.4 Å². The van der Waals surface area contributed by atoms with E-state index >= 15 is 0 Å². The van der Waals surface area contributed by atoms with Crippen molar-refractivity contribution >= 4 is 45.8 Å². The van der Waals surface area contributed by atoms with E-state index in [4.69, 9.17) is 28.9 Å². The minimum atomic E-state index is -0.948. The number of ether oxygens (including phenoxy) is 4. The van der Waals surface area contributed by atoms with Crippen molar-refractivity contribution < 1.29 is 38.1 Å². The molecular weight excluding hydrogens is 829 g/mol. The zero-order valence-corrected chi connectivity index (χ0v) is 37.3. The number of hydrogen-bond donors (Lipinski definition) is 4. The molecule has 2 unspecified atom stereocenters. The van der Waals surface area contributed by atoms with Crippen molar-refractivity contribution in [1.82, 2.24) is 40.4 Å². The molecule has 5 heterocycles. The molecule has 0 aliphatic carbocycles. The topological polar surface area (TPSA) is 193 Å². The van der Waals surface area contributed by atoms with Gasteiger partial charge in [-0.3, -0.25) is 9.59 Å². The number of methoxy groups -OCH3 is 3. The van der Waals surface area contributed by atoms with Crippen LogP contribution in [0.2, 0.25) is 0 Å². The molecule has 0 spiro atoms. The van der Waals surface area contributed by atoms with Gasteiger partial charge < -0.3 is 49.3 Å². The number of nitrogens with zero attached hydrogens (tertiary/aromatic N) is 4. The SMILES string of the molecule is COCC1C[C@@H](c2ncc(-c3ccc4c(c3)COc3cc5c(ccc6nc([C@@H]7CC[C@H](C)N7C(=O)C(NC(=O)OC)C(C)C)[nH]c65)cc3-4)[nH]2)N(C(=O)[C@H](NC(=O)OC)c2ccccc2)C1. The molecule has 16 nitrogen and oxygen atoms in total. The summed E-state index contributed by atoms with van der Waals surface area (Å²) in [4.78, 5) is 73.5. The van der Waals surface area contributed by atoms with Crippen LogP contribution in [-0.2, 0) is 30.4 Å². The summed E-state index contributed by atoms with van der Waals surface area (Å²) in [6, 6.07) is 21.3. The molecule has 16 heteroatoms. The molecule has 338 valence electrons. The molecule has 3 aliphatic rings. The van der Waals surface area contributed by atoms with E-state index in [0.717, 1.165) is 68.3 Å². The van der Waals surface area contributed by atoms with Crippen molar-refractivity contribution in [2.45, 2.75) is 76.8 Å². The quantitative estimate of drug-likeness (QED) is 0.100. The molecule has 4 aromatic carbocycles. The largest absolute Gasteiger partial charge is 0.488 e. The highest BCUT2D eigenvalue weighted by Crippen LogP contribution is 2.44. The monoisotopic (exact) mass is 882 g/mol. The second-order valence-corrected chi connectivity index (χ2v) is 17.6. The van der Waals surface area contributed by atoms with Crippen LogP contribution in [0.4, 0.5) is 9.59 Å². The minimum absolute atomic E-state index is 0.0342. The van der Waals surface area contributed by atoms with E-state index in [-0.39, 0.29) is 41.8 Å². The van der Waals surface area contributed by atoms with Crippen LogP contribution in [0.5, 0.6) is 5.75 Å². The zero-order valence-electron chi connectivity index (χ0n) is 37.3. The number of nitrogens with one attached hydrogen (secondary N) is 4. The third-order valence-corrected chi connectivity index (χ3v) is 13.1. The molecule has 2 saturated heterocycles. The van der Waals surface area contributed by atoms with Crippen LogP contribution in [0.25, 0.3) is 44.2 Å².